The Morgan fingerprint density at radius 1 is 1.04 bits per heavy atom. The Bertz CT molecular complexity index is 989. The smallest absolute Gasteiger partial charge is 0.220 e. The maximum atomic E-state index is 5.88. The van der Waals surface area contributed by atoms with Gasteiger partial charge in [0, 0.05) is 17.7 Å². The van der Waals surface area contributed by atoms with Crippen LogP contribution in [0.5, 0.6) is 0 Å². The molecule has 0 radical (unpaired) electrons. The average Bonchev–Trinajstić information content (AvgIpc) is 2.63. The minimum atomic E-state index is 0.322. The van der Waals surface area contributed by atoms with Crippen molar-refractivity contribution in [3.63, 3.8) is 0 Å². The van der Waals surface area contributed by atoms with Crippen LogP contribution in [-0.2, 0) is 6.42 Å². The number of hydrogen-bond acceptors (Lipinski definition) is 3. The second-order valence-corrected chi connectivity index (χ2v) is 7.70. The van der Waals surface area contributed by atoms with Gasteiger partial charge in [0.15, 0.2) is 0 Å². The van der Waals surface area contributed by atoms with E-state index in [9.17, 15) is 0 Å². The summed E-state index contributed by atoms with van der Waals surface area (Å²) in [6.45, 7) is 8.83. The van der Waals surface area contributed by atoms with Crippen molar-refractivity contribution in [2.75, 3.05) is 5.73 Å². The molecule has 3 heteroatoms. The van der Waals surface area contributed by atoms with Crippen molar-refractivity contribution in [1.29, 1.82) is 0 Å². The maximum Gasteiger partial charge on any atom is 0.220 e. The van der Waals surface area contributed by atoms with Gasteiger partial charge in [0.25, 0.3) is 0 Å². The summed E-state index contributed by atoms with van der Waals surface area (Å²) in [7, 11) is 0. The fraction of sp³-hybridized carbons (Fsp3) is 0.304. The molecule has 0 saturated carbocycles. The predicted molar refractivity (Wildman–Crippen MR) is 107 cm³/mol. The second-order valence-electron chi connectivity index (χ2n) is 7.70. The zero-order chi connectivity index (χ0) is 18.4. The third kappa shape index (κ3) is 2.78. The Morgan fingerprint density at radius 2 is 1.85 bits per heavy atom. The highest BCUT2D eigenvalue weighted by Gasteiger charge is 2.28. The number of aryl methyl sites for hydroxylation is 2. The topological polar surface area (TPSA) is 51.8 Å². The van der Waals surface area contributed by atoms with Gasteiger partial charge in [-0.2, -0.15) is 0 Å². The third-order valence-corrected chi connectivity index (χ3v) is 5.61. The summed E-state index contributed by atoms with van der Waals surface area (Å²) < 4.78 is 0. The number of fused-ring (bicyclic) bond motifs is 3. The Balaban J connectivity index is 1.93. The van der Waals surface area contributed by atoms with Crippen LogP contribution >= 0.6 is 0 Å². The molecular weight excluding hydrogens is 318 g/mol. The fourth-order valence-corrected chi connectivity index (χ4v) is 3.86. The van der Waals surface area contributed by atoms with E-state index in [4.69, 9.17) is 5.73 Å². The molecule has 0 saturated heterocycles. The molecule has 1 heterocycles. The van der Waals surface area contributed by atoms with E-state index in [-0.39, 0.29) is 0 Å². The summed E-state index contributed by atoms with van der Waals surface area (Å²) >= 11 is 0. The van der Waals surface area contributed by atoms with E-state index >= 15 is 0 Å². The fourth-order valence-electron chi connectivity index (χ4n) is 3.86. The van der Waals surface area contributed by atoms with Crippen LogP contribution in [-0.4, -0.2) is 9.97 Å². The zero-order valence-electron chi connectivity index (χ0n) is 15.9. The maximum absolute atomic E-state index is 5.88. The van der Waals surface area contributed by atoms with Gasteiger partial charge in [0.2, 0.25) is 5.95 Å². The number of nitrogens with zero attached hydrogens (tertiary/aromatic N) is 2. The molecule has 132 valence electrons. The van der Waals surface area contributed by atoms with Gasteiger partial charge in [-0.15, -0.1) is 0 Å². The molecule has 4 rings (SSSR count). The number of nitrogens with two attached hydrogens (primary N) is 1. The molecule has 0 fully saturated rings. The normalized spacial score (nSPS) is 15.7. The van der Waals surface area contributed by atoms with E-state index in [2.05, 4.69) is 74.1 Å². The molecule has 1 atom stereocenters. The molecule has 3 nitrogen and oxygen atoms in total. The molecule has 1 aliphatic rings. The van der Waals surface area contributed by atoms with Crippen molar-refractivity contribution >= 4 is 5.95 Å². The molecule has 2 N–H and O–H groups in total. The first-order valence-corrected chi connectivity index (χ1v) is 9.26. The Morgan fingerprint density at radius 3 is 2.58 bits per heavy atom. The van der Waals surface area contributed by atoms with Gasteiger partial charge >= 0.3 is 0 Å². The van der Waals surface area contributed by atoms with Gasteiger partial charge in [-0.05, 0) is 59.6 Å². The highest BCUT2D eigenvalue weighted by molar-refractivity contribution is 5.73. The molecule has 0 bridgehead atoms. The zero-order valence-corrected chi connectivity index (χ0v) is 15.9. The van der Waals surface area contributed by atoms with Crippen molar-refractivity contribution in [1.82, 2.24) is 9.97 Å². The van der Waals surface area contributed by atoms with Gasteiger partial charge in [-0.3, -0.25) is 0 Å². The van der Waals surface area contributed by atoms with E-state index in [0.29, 0.717) is 17.8 Å². The lowest BCUT2D eigenvalue weighted by Gasteiger charge is -2.29. The van der Waals surface area contributed by atoms with E-state index in [0.717, 1.165) is 12.1 Å². The van der Waals surface area contributed by atoms with Crippen LogP contribution in [0.2, 0.25) is 0 Å². The van der Waals surface area contributed by atoms with Gasteiger partial charge in [0.1, 0.15) is 0 Å². The largest absolute Gasteiger partial charge is 0.368 e. The van der Waals surface area contributed by atoms with Crippen molar-refractivity contribution in [3.8, 4) is 11.3 Å². The van der Waals surface area contributed by atoms with Crippen LogP contribution in [0.3, 0.4) is 0 Å². The lowest BCUT2D eigenvalue weighted by molar-refractivity contribution is 0.773. The van der Waals surface area contributed by atoms with Crippen molar-refractivity contribution in [2.24, 2.45) is 0 Å². The average molecular weight is 343 g/mol. The second kappa shape index (κ2) is 6.24. The molecule has 1 unspecified atom stereocenters. The number of nitrogen functional groups attached to an aromatic ring is 1. The molecule has 0 spiro atoms. The van der Waals surface area contributed by atoms with Crippen molar-refractivity contribution < 1.29 is 0 Å². The SMILES string of the molecule is Cc1ccc(C2Cc3cnc(N)nc3-c3ccc(C(C)C)cc32)cc1C. The van der Waals surface area contributed by atoms with Gasteiger partial charge in [-0.1, -0.05) is 50.2 Å². The van der Waals surface area contributed by atoms with Gasteiger partial charge in [-0.25, -0.2) is 9.97 Å². The molecular formula is C23H25N3. The Hall–Kier alpha value is -2.68. The van der Waals surface area contributed by atoms with E-state index in [1.165, 1.54) is 38.9 Å². The quantitative estimate of drug-likeness (QED) is 0.700. The van der Waals surface area contributed by atoms with Crippen LogP contribution in [0.15, 0.2) is 42.6 Å². The lowest BCUT2D eigenvalue weighted by atomic mass is 9.76. The summed E-state index contributed by atoms with van der Waals surface area (Å²) in [6, 6.07) is 13.6. The Kier molecular flexibility index (Phi) is 4.03. The van der Waals surface area contributed by atoms with E-state index < -0.39 is 0 Å². The molecule has 1 aromatic heterocycles. The highest BCUT2D eigenvalue weighted by Crippen LogP contribution is 2.43. The van der Waals surface area contributed by atoms with Gasteiger partial charge < -0.3 is 5.73 Å². The molecule has 3 aromatic rings. The summed E-state index contributed by atoms with van der Waals surface area (Å²) in [5.74, 6) is 1.16. The van der Waals surface area contributed by atoms with Crippen molar-refractivity contribution in [3.05, 3.63) is 76.0 Å². The van der Waals surface area contributed by atoms with E-state index in [1.54, 1.807) is 0 Å². The van der Waals surface area contributed by atoms with Crippen LogP contribution < -0.4 is 5.73 Å². The predicted octanol–water partition coefficient (Wildman–Crippen LogP) is 5.15. The minimum Gasteiger partial charge on any atom is -0.368 e. The first kappa shape index (κ1) is 16.8. The first-order valence-electron chi connectivity index (χ1n) is 9.26. The number of aromatic nitrogens is 2. The van der Waals surface area contributed by atoms with Crippen LogP contribution in [0.25, 0.3) is 11.3 Å². The third-order valence-electron chi connectivity index (χ3n) is 5.61. The first-order chi connectivity index (χ1) is 12.4. The van der Waals surface area contributed by atoms with Crippen LogP contribution in [0.1, 0.15) is 59.1 Å². The highest BCUT2D eigenvalue weighted by atomic mass is 15.0. The molecule has 0 aliphatic heterocycles. The summed E-state index contributed by atoms with van der Waals surface area (Å²) in [4.78, 5) is 8.79. The minimum absolute atomic E-state index is 0.322. The van der Waals surface area contributed by atoms with Crippen LogP contribution in [0, 0.1) is 13.8 Å². The number of benzene rings is 2. The van der Waals surface area contributed by atoms with Crippen molar-refractivity contribution in [2.45, 2.75) is 46.0 Å². The van der Waals surface area contributed by atoms with Gasteiger partial charge in [0.05, 0.1) is 5.69 Å². The lowest BCUT2D eigenvalue weighted by Crippen LogP contribution is -2.16. The van der Waals surface area contributed by atoms with Crippen LogP contribution in [0.4, 0.5) is 5.95 Å². The molecule has 0 amide bonds. The summed E-state index contributed by atoms with van der Waals surface area (Å²) in [5.41, 5.74) is 16.0. The van der Waals surface area contributed by atoms with E-state index in [1.807, 2.05) is 6.20 Å². The standard InChI is InChI=1S/C23H25N3/c1-13(2)16-7-8-19-21(10-16)20(17-6-5-14(3)15(4)9-17)11-18-12-25-23(24)26-22(18)19/h5-10,12-13,20H,11H2,1-4H3,(H2,24,25,26). The summed E-state index contributed by atoms with van der Waals surface area (Å²) in [6.07, 6.45) is 2.80. The summed E-state index contributed by atoms with van der Waals surface area (Å²) in [5, 5.41) is 0. The molecule has 2 aromatic carbocycles. The number of hydrogen-bond donors (Lipinski definition) is 1. The number of anilines is 1. The monoisotopic (exact) mass is 343 g/mol. The Labute approximate surface area is 155 Å². The molecule has 1 aliphatic carbocycles. The molecule has 26 heavy (non-hydrogen) atoms. The number of rotatable bonds is 2.